The SMILES string of the molecule is Cc1cc(NC2CC(C)(C)CC(C)(C)C2)ccc1[N+](=O)[O-]. The predicted molar refractivity (Wildman–Crippen MR) is 86.7 cm³/mol. The van der Waals surface area contributed by atoms with E-state index in [0.717, 1.165) is 18.5 Å². The van der Waals surface area contributed by atoms with Crippen LogP contribution in [0.5, 0.6) is 0 Å². The first-order chi connectivity index (χ1) is 9.58. The standard InChI is InChI=1S/C17H26N2O2/c1-12-8-13(6-7-15(12)19(20)21)18-14-9-16(2,3)11-17(4,5)10-14/h6-8,14,18H,9-11H2,1-5H3. The van der Waals surface area contributed by atoms with Gasteiger partial charge in [0.15, 0.2) is 0 Å². The van der Waals surface area contributed by atoms with E-state index < -0.39 is 0 Å². The summed E-state index contributed by atoms with van der Waals surface area (Å²) in [6, 6.07) is 5.72. The third-order valence-corrected chi connectivity index (χ3v) is 4.32. The summed E-state index contributed by atoms with van der Waals surface area (Å²) < 4.78 is 0. The van der Waals surface area contributed by atoms with E-state index in [2.05, 4.69) is 33.0 Å². The summed E-state index contributed by atoms with van der Waals surface area (Å²) >= 11 is 0. The van der Waals surface area contributed by atoms with Crippen molar-refractivity contribution < 1.29 is 4.92 Å². The lowest BCUT2D eigenvalue weighted by Gasteiger charge is -2.45. The molecule has 0 radical (unpaired) electrons. The molecule has 2 rings (SSSR count). The molecule has 1 saturated carbocycles. The van der Waals surface area contributed by atoms with Crippen molar-refractivity contribution in [3.05, 3.63) is 33.9 Å². The molecule has 0 bridgehead atoms. The zero-order valence-electron chi connectivity index (χ0n) is 13.7. The molecule has 4 nitrogen and oxygen atoms in total. The highest BCUT2D eigenvalue weighted by Gasteiger charge is 2.38. The van der Waals surface area contributed by atoms with Crippen LogP contribution in [0.2, 0.25) is 0 Å². The number of rotatable bonds is 3. The predicted octanol–water partition coefficient (Wildman–Crippen LogP) is 4.92. The number of hydrogen-bond donors (Lipinski definition) is 1. The quantitative estimate of drug-likeness (QED) is 0.635. The molecule has 1 fully saturated rings. The van der Waals surface area contributed by atoms with Crippen molar-refractivity contribution in [2.45, 2.75) is 59.9 Å². The second-order valence-electron chi connectivity index (χ2n) is 8.01. The minimum Gasteiger partial charge on any atom is -0.382 e. The van der Waals surface area contributed by atoms with Crippen LogP contribution in [0.3, 0.4) is 0 Å². The van der Waals surface area contributed by atoms with Gasteiger partial charge in [-0.05, 0) is 49.1 Å². The van der Waals surface area contributed by atoms with Crippen LogP contribution in [0, 0.1) is 27.9 Å². The Bertz CT molecular complexity index is 534. The van der Waals surface area contributed by atoms with Gasteiger partial charge in [0.05, 0.1) is 4.92 Å². The normalized spacial score (nSPS) is 21.0. The number of aryl methyl sites for hydroxylation is 1. The Morgan fingerprint density at radius 1 is 1.19 bits per heavy atom. The Labute approximate surface area is 127 Å². The zero-order valence-corrected chi connectivity index (χ0v) is 13.7. The van der Waals surface area contributed by atoms with Gasteiger partial charge in [-0.3, -0.25) is 10.1 Å². The maximum atomic E-state index is 10.9. The summed E-state index contributed by atoms with van der Waals surface area (Å²) in [6.07, 6.45) is 3.50. The lowest BCUT2D eigenvalue weighted by atomic mass is 9.63. The topological polar surface area (TPSA) is 55.2 Å². The molecule has 4 heteroatoms. The molecule has 1 N–H and O–H groups in total. The average Bonchev–Trinajstić information content (AvgIpc) is 2.23. The number of nitro benzene ring substituents is 1. The number of hydrogen-bond acceptors (Lipinski definition) is 3. The third kappa shape index (κ3) is 3.96. The van der Waals surface area contributed by atoms with Crippen molar-refractivity contribution in [2.75, 3.05) is 5.32 Å². The monoisotopic (exact) mass is 290 g/mol. The summed E-state index contributed by atoms with van der Waals surface area (Å²) in [5, 5.41) is 14.5. The molecule has 0 heterocycles. The third-order valence-electron chi connectivity index (χ3n) is 4.32. The maximum Gasteiger partial charge on any atom is 0.272 e. The van der Waals surface area contributed by atoms with E-state index in [1.807, 2.05) is 12.1 Å². The molecule has 0 spiro atoms. The van der Waals surface area contributed by atoms with Gasteiger partial charge >= 0.3 is 0 Å². The smallest absolute Gasteiger partial charge is 0.272 e. The van der Waals surface area contributed by atoms with Gasteiger partial charge in [0, 0.05) is 23.4 Å². The van der Waals surface area contributed by atoms with Gasteiger partial charge < -0.3 is 5.32 Å². The van der Waals surface area contributed by atoms with E-state index >= 15 is 0 Å². The molecular weight excluding hydrogens is 264 g/mol. The minimum absolute atomic E-state index is 0.185. The summed E-state index contributed by atoms with van der Waals surface area (Å²) in [7, 11) is 0. The van der Waals surface area contributed by atoms with Crippen molar-refractivity contribution in [3.63, 3.8) is 0 Å². The van der Waals surface area contributed by atoms with E-state index in [0.29, 0.717) is 22.4 Å². The first-order valence-electron chi connectivity index (χ1n) is 7.60. The van der Waals surface area contributed by atoms with E-state index in [1.165, 1.54) is 6.42 Å². The largest absolute Gasteiger partial charge is 0.382 e. The van der Waals surface area contributed by atoms with E-state index in [4.69, 9.17) is 0 Å². The van der Waals surface area contributed by atoms with E-state index in [1.54, 1.807) is 13.0 Å². The molecular formula is C17H26N2O2. The highest BCUT2D eigenvalue weighted by atomic mass is 16.6. The maximum absolute atomic E-state index is 10.9. The van der Waals surface area contributed by atoms with Crippen molar-refractivity contribution in [1.29, 1.82) is 0 Å². The zero-order chi connectivity index (χ0) is 15.8. The van der Waals surface area contributed by atoms with Gasteiger partial charge in [-0.2, -0.15) is 0 Å². The fourth-order valence-corrected chi connectivity index (χ4v) is 4.13. The first-order valence-corrected chi connectivity index (χ1v) is 7.60. The van der Waals surface area contributed by atoms with Crippen LogP contribution in [0.15, 0.2) is 18.2 Å². The number of benzene rings is 1. The molecule has 1 aliphatic rings. The lowest BCUT2D eigenvalue weighted by Crippen LogP contribution is -2.40. The molecule has 0 saturated heterocycles. The van der Waals surface area contributed by atoms with Crippen LogP contribution in [0.4, 0.5) is 11.4 Å². The highest BCUT2D eigenvalue weighted by molar-refractivity contribution is 5.54. The molecule has 116 valence electrons. The molecule has 1 aromatic carbocycles. The van der Waals surface area contributed by atoms with E-state index in [-0.39, 0.29) is 10.6 Å². The number of nitrogens with zero attached hydrogens (tertiary/aromatic N) is 1. The Morgan fingerprint density at radius 2 is 1.76 bits per heavy atom. The Hall–Kier alpha value is -1.58. The van der Waals surface area contributed by atoms with Gasteiger partial charge in [0.25, 0.3) is 5.69 Å². The fourth-order valence-electron chi connectivity index (χ4n) is 4.13. The number of anilines is 1. The van der Waals surface area contributed by atoms with Crippen LogP contribution >= 0.6 is 0 Å². The van der Waals surface area contributed by atoms with Crippen LogP contribution in [0.1, 0.15) is 52.5 Å². The van der Waals surface area contributed by atoms with E-state index in [9.17, 15) is 10.1 Å². The number of nitro groups is 1. The molecule has 21 heavy (non-hydrogen) atoms. The van der Waals surface area contributed by atoms with Crippen molar-refractivity contribution >= 4 is 11.4 Å². The van der Waals surface area contributed by atoms with Crippen LogP contribution in [0.25, 0.3) is 0 Å². The van der Waals surface area contributed by atoms with Crippen molar-refractivity contribution in [1.82, 2.24) is 0 Å². The van der Waals surface area contributed by atoms with Gasteiger partial charge in [-0.15, -0.1) is 0 Å². The van der Waals surface area contributed by atoms with Crippen LogP contribution in [-0.2, 0) is 0 Å². The summed E-state index contributed by atoms with van der Waals surface area (Å²) in [6.45, 7) is 11.1. The first kappa shape index (κ1) is 15.8. The minimum atomic E-state index is -0.327. The van der Waals surface area contributed by atoms with Gasteiger partial charge in [0.1, 0.15) is 0 Å². The van der Waals surface area contributed by atoms with Gasteiger partial charge in [-0.25, -0.2) is 0 Å². The Morgan fingerprint density at radius 3 is 2.24 bits per heavy atom. The average molecular weight is 290 g/mol. The molecule has 0 aromatic heterocycles. The molecule has 0 unspecified atom stereocenters. The molecule has 0 atom stereocenters. The Balaban J connectivity index is 2.14. The summed E-state index contributed by atoms with van der Waals surface area (Å²) in [5.74, 6) is 0. The van der Waals surface area contributed by atoms with Crippen LogP contribution < -0.4 is 5.32 Å². The number of nitrogens with one attached hydrogen (secondary N) is 1. The van der Waals surface area contributed by atoms with Crippen molar-refractivity contribution in [3.8, 4) is 0 Å². The van der Waals surface area contributed by atoms with Gasteiger partial charge in [-0.1, -0.05) is 27.7 Å². The van der Waals surface area contributed by atoms with Crippen molar-refractivity contribution in [2.24, 2.45) is 10.8 Å². The summed E-state index contributed by atoms with van der Waals surface area (Å²) in [4.78, 5) is 10.6. The Kier molecular flexibility index (Phi) is 4.00. The molecule has 1 aromatic rings. The molecule has 0 amide bonds. The van der Waals surface area contributed by atoms with Crippen LogP contribution in [-0.4, -0.2) is 11.0 Å². The van der Waals surface area contributed by atoms with Gasteiger partial charge in [0.2, 0.25) is 0 Å². The lowest BCUT2D eigenvalue weighted by molar-refractivity contribution is -0.385. The highest BCUT2D eigenvalue weighted by Crippen LogP contribution is 2.46. The fraction of sp³-hybridized carbons (Fsp3) is 0.647. The molecule has 1 aliphatic carbocycles. The second-order valence-corrected chi connectivity index (χ2v) is 8.01. The molecule has 0 aliphatic heterocycles. The summed E-state index contributed by atoms with van der Waals surface area (Å²) in [5.41, 5.74) is 2.53. The second kappa shape index (κ2) is 5.32.